The lowest BCUT2D eigenvalue weighted by atomic mass is 10.1. The molecule has 0 saturated carbocycles. The molecule has 0 fully saturated rings. The Balaban J connectivity index is 0.000000784. The first kappa shape index (κ1) is 27.3. The molecule has 1 amide bonds. The Labute approximate surface area is 207 Å². The van der Waals surface area contributed by atoms with Crippen LogP contribution < -0.4 is 10.6 Å². The van der Waals surface area contributed by atoms with Crippen LogP contribution in [0.15, 0.2) is 91.0 Å². The van der Waals surface area contributed by atoms with Gasteiger partial charge in [0.15, 0.2) is 0 Å². The van der Waals surface area contributed by atoms with Crippen molar-refractivity contribution in [1.29, 1.82) is 0 Å². The summed E-state index contributed by atoms with van der Waals surface area (Å²) in [7, 11) is 0. The topological polar surface area (TPSA) is 92.9 Å². The number of amides is 1. The summed E-state index contributed by atoms with van der Waals surface area (Å²) in [5, 5.41) is 8.89. The van der Waals surface area contributed by atoms with E-state index in [2.05, 4.69) is 0 Å². The molecule has 0 saturated heterocycles. The summed E-state index contributed by atoms with van der Waals surface area (Å²) in [5.74, 6) is -0.857. The van der Waals surface area contributed by atoms with Crippen molar-refractivity contribution in [2.45, 2.75) is 39.2 Å². The van der Waals surface area contributed by atoms with Gasteiger partial charge in [-0.05, 0) is 62.6 Å². The second kappa shape index (κ2) is 13.7. The van der Waals surface area contributed by atoms with Crippen LogP contribution in [0, 0.1) is 0 Å². The van der Waals surface area contributed by atoms with Gasteiger partial charge in [0.1, 0.15) is 0 Å². The lowest BCUT2D eigenvalue weighted by Crippen LogP contribution is -2.27. The second-order valence-electron chi connectivity index (χ2n) is 8.99. The molecule has 0 radical (unpaired) electrons. The normalized spacial score (nSPS) is 10.9. The molecule has 3 rings (SSSR count). The minimum Gasteiger partial charge on any atom is -0.481 e. The van der Waals surface area contributed by atoms with Crippen molar-refractivity contribution >= 4 is 29.5 Å². The zero-order valence-corrected chi connectivity index (χ0v) is 20.6. The molecule has 0 aromatic heterocycles. The van der Waals surface area contributed by atoms with E-state index in [1.165, 1.54) is 0 Å². The highest BCUT2D eigenvalue weighted by atomic mass is 16.6. The average Bonchev–Trinajstić information content (AvgIpc) is 2.79. The molecule has 0 aliphatic heterocycles. The van der Waals surface area contributed by atoms with Gasteiger partial charge in [-0.15, -0.1) is 0 Å². The van der Waals surface area contributed by atoms with Crippen LogP contribution >= 0.6 is 0 Å². The summed E-state index contributed by atoms with van der Waals surface area (Å²) in [5.41, 5.74) is 8.49. The first-order valence-corrected chi connectivity index (χ1v) is 11.5. The number of rotatable bonds is 8. The number of ether oxygens (including phenoxy) is 1. The number of nitrogens with zero attached hydrogens (tertiary/aromatic N) is 1. The van der Waals surface area contributed by atoms with Gasteiger partial charge in [-0.25, -0.2) is 9.69 Å². The first-order valence-electron chi connectivity index (χ1n) is 11.5. The fraction of sp³-hybridized carbons (Fsp3) is 0.241. The molecule has 0 aliphatic carbocycles. The van der Waals surface area contributed by atoms with Gasteiger partial charge in [0.05, 0.1) is 24.4 Å². The highest BCUT2D eigenvalue weighted by Crippen LogP contribution is 2.25. The number of benzene rings is 3. The SMILES string of the molecule is CC(C)(C)N.O=C(O)Cc1cccc(/C=C/CCOC(=O)N(c2ccccc2)c2ccccc2)c1. The maximum Gasteiger partial charge on any atom is 0.418 e. The predicted molar refractivity (Wildman–Crippen MR) is 142 cm³/mol. The lowest BCUT2D eigenvalue weighted by molar-refractivity contribution is -0.136. The number of carboxylic acids is 1. The Morgan fingerprint density at radius 2 is 1.46 bits per heavy atom. The third-order valence-electron chi connectivity index (χ3n) is 4.34. The molecular formula is C29H34N2O4. The van der Waals surface area contributed by atoms with Gasteiger partial charge in [-0.2, -0.15) is 0 Å². The van der Waals surface area contributed by atoms with Crippen LogP contribution in [0.1, 0.15) is 38.3 Å². The number of hydrogen-bond donors (Lipinski definition) is 2. The number of carbonyl (C=O) groups excluding carboxylic acids is 1. The minimum atomic E-state index is -0.857. The summed E-state index contributed by atoms with van der Waals surface area (Å²) >= 11 is 0. The third kappa shape index (κ3) is 11.2. The standard InChI is InChI=1S/C25H23NO4.C4H11N/c27-24(28)19-21-12-9-11-20(18-21)10-7-8-17-30-25(29)26(22-13-3-1-4-14-22)23-15-5-2-6-16-23;1-4(2,3)5/h1-7,9-16,18H,8,17,19H2,(H,27,28);5H2,1-3H3/b10-7+;. The van der Waals surface area contributed by atoms with Gasteiger partial charge >= 0.3 is 12.1 Å². The Kier molecular flexibility index (Phi) is 10.7. The molecule has 184 valence electrons. The third-order valence-corrected chi connectivity index (χ3v) is 4.34. The summed E-state index contributed by atoms with van der Waals surface area (Å²) in [6.45, 7) is 6.13. The first-order chi connectivity index (χ1) is 16.6. The van der Waals surface area contributed by atoms with E-state index < -0.39 is 12.1 Å². The number of anilines is 2. The highest BCUT2D eigenvalue weighted by Gasteiger charge is 2.18. The van der Waals surface area contributed by atoms with E-state index in [9.17, 15) is 9.59 Å². The molecule has 3 aromatic carbocycles. The van der Waals surface area contributed by atoms with E-state index in [1.807, 2.05) is 112 Å². The van der Waals surface area contributed by atoms with Gasteiger partial charge in [0.2, 0.25) is 0 Å². The molecule has 3 N–H and O–H groups in total. The molecule has 0 heterocycles. The van der Waals surface area contributed by atoms with Crippen molar-refractivity contribution in [1.82, 2.24) is 0 Å². The molecule has 0 aliphatic rings. The van der Waals surface area contributed by atoms with Gasteiger partial charge in [0.25, 0.3) is 0 Å². The Hall–Kier alpha value is -3.90. The van der Waals surface area contributed by atoms with E-state index in [0.29, 0.717) is 6.42 Å². The van der Waals surface area contributed by atoms with Crippen LogP contribution in [0.25, 0.3) is 6.08 Å². The van der Waals surface area contributed by atoms with Crippen LogP contribution in [0.3, 0.4) is 0 Å². The van der Waals surface area contributed by atoms with E-state index in [4.69, 9.17) is 15.6 Å². The quantitative estimate of drug-likeness (QED) is 0.367. The zero-order valence-electron chi connectivity index (χ0n) is 20.6. The molecule has 3 aromatic rings. The predicted octanol–water partition coefficient (Wildman–Crippen LogP) is 6.44. The number of para-hydroxylation sites is 2. The maximum atomic E-state index is 12.7. The van der Waals surface area contributed by atoms with Crippen molar-refractivity contribution < 1.29 is 19.4 Å². The number of nitrogens with two attached hydrogens (primary N) is 1. The lowest BCUT2D eigenvalue weighted by Gasteiger charge is -2.22. The minimum absolute atomic E-state index is 0. The fourth-order valence-corrected chi connectivity index (χ4v) is 2.99. The van der Waals surface area contributed by atoms with Crippen LogP contribution in [0.2, 0.25) is 0 Å². The zero-order chi connectivity index (χ0) is 25.7. The van der Waals surface area contributed by atoms with Crippen molar-refractivity contribution in [2.75, 3.05) is 11.5 Å². The number of carbonyl (C=O) groups is 2. The molecular weight excluding hydrogens is 440 g/mol. The summed E-state index contributed by atoms with van der Waals surface area (Å²) in [4.78, 5) is 25.1. The Morgan fingerprint density at radius 1 is 0.914 bits per heavy atom. The largest absolute Gasteiger partial charge is 0.481 e. The van der Waals surface area contributed by atoms with Crippen LogP contribution in [0.5, 0.6) is 0 Å². The smallest absolute Gasteiger partial charge is 0.418 e. The fourth-order valence-electron chi connectivity index (χ4n) is 2.99. The second-order valence-corrected chi connectivity index (χ2v) is 8.99. The number of carboxylic acid groups (broad SMARTS) is 1. The number of hydrogen-bond acceptors (Lipinski definition) is 4. The van der Waals surface area contributed by atoms with Gasteiger partial charge in [0, 0.05) is 5.54 Å². The molecule has 0 bridgehead atoms. The van der Waals surface area contributed by atoms with E-state index in [-0.39, 0.29) is 18.6 Å². The maximum absolute atomic E-state index is 12.7. The van der Waals surface area contributed by atoms with Crippen molar-refractivity contribution in [3.8, 4) is 0 Å². The van der Waals surface area contributed by atoms with Crippen LogP contribution in [-0.2, 0) is 16.0 Å². The van der Waals surface area contributed by atoms with Crippen LogP contribution in [0.4, 0.5) is 16.2 Å². The molecule has 0 atom stereocenters. The Morgan fingerprint density at radius 3 is 1.97 bits per heavy atom. The van der Waals surface area contributed by atoms with Gasteiger partial charge < -0.3 is 15.6 Å². The van der Waals surface area contributed by atoms with Crippen molar-refractivity contribution in [3.63, 3.8) is 0 Å². The Bertz CT molecular complexity index is 1040. The van der Waals surface area contributed by atoms with Crippen LogP contribution in [-0.4, -0.2) is 29.3 Å². The van der Waals surface area contributed by atoms with Crippen molar-refractivity contribution in [3.05, 3.63) is 102 Å². The molecule has 35 heavy (non-hydrogen) atoms. The van der Waals surface area contributed by atoms with Gasteiger partial charge in [-0.1, -0.05) is 72.8 Å². The monoisotopic (exact) mass is 474 g/mol. The van der Waals surface area contributed by atoms with E-state index in [0.717, 1.165) is 22.5 Å². The molecule has 0 unspecified atom stereocenters. The summed E-state index contributed by atoms with van der Waals surface area (Å²) < 4.78 is 5.49. The summed E-state index contributed by atoms with van der Waals surface area (Å²) in [6, 6.07) is 26.1. The molecule has 6 nitrogen and oxygen atoms in total. The number of aliphatic carboxylic acids is 1. The average molecular weight is 475 g/mol. The van der Waals surface area contributed by atoms with Crippen molar-refractivity contribution in [2.24, 2.45) is 5.73 Å². The summed E-state index contributed by atoms with van der Waals surface area (Å²) in [6.07, 6.45) is 3.90. The molecule has 0 spiro atoms. The van der Waals surface area contributed by atoms with Gasteiger partial charge in [-0.3, -0.25) is 4.79 Å². The highest BCUT2D eigenvalue weighted by molar-refractivity contribution is 5.95. The van der Waals surface area contributed by atoms with E-state index in [1.54, 1.807) is 11.0 Å². The molecule has 6 heteroatoms. The van der Waals surface area contributed by atoms with E-state index >= 15 is 0 Å².